The Morgan fingerprint density at radius 1 is 1.33 bits per heavy atom. The van der Waals surface area contributed by atoms with Gasteiger partial charge in [-0.1, -0.05) is 38.8 Å². The van der Waals surface area contributed by atoms with E-state index in [-0.39, 0.29) is 5.92 Å². The lowest BCUT2D eigenvalue weighted by Gasteiger charge is -2.36. The first kappa shape index (κ1) is 16.6. The monoisotopic (exact) mass is 291 g/mol. The second kappa shape index (κ2) is 8.00. The summed E-state index contributed by atoms with van der Waals surface area (Å²) in [4.78, 5) is 12.6. The Kier molecular flexibility index (Phi) is 6.32. The molecular formula is C19H33NO. The topological polar surface area (TPSA) is 29.1 Å². The third kappa shape index (κ3) is 4.86. The van der Waals surface area contributed by atoms with Crippen LogP contribution in [0.3, 0.4) is 0 Å². The molecule has 1 fully saturated rings. The lowest BCUT2D eigenvalue weighted by Crippen LogP contribution is -2.40. The van der Waals surface area contributed by atoms with Crippen LogP contribution in [0.5, 0.6) is 0 Å². The number of amides is 1. The van der Waals surface area contributed by atoms with Crippen molar-refractivity contribution in [2.75, 3.05) is 6.54 Å². The molecule has 0 unspecified atom stereocenters. The largest absolute Gasteiger partial charge is 0.356 e. The van der Waals surface area contributed by atoms with Crippen LogP contribution in [0.4, 0.5) is 0 Å². The molecule has 0 aliphatic heterocycles. The smallest absolute Gasteiger partial charge is 0.223 e. The van der Waals surface area contributed by atoms with Gasteiger partial charge in [0, 0.05) is 12.5 Å². The van der Waals surface area contributed by atoms with E-state index in [1.165, 1.54) is 38.5 Å². The molecule has 0 spiro atoms. The van der Waals surface area contributed by atoms with Crippen molar-refractivity contribution in [2.45, 2.75) is 72.1 Å². The summed E-state index contributed by atoms with van der Waals surface area (Å²) in [6.45, 7) is 7.67. The van der Waals surface area contributed by atoms with Crippen LogP contribution in [0.1, 0.15) is 72.1 Å². The molecule has 0 bridgehead atoms. The van der Waals surface area contributed by atoms with Crippen LogP contribution in [0.2, 0.25) is 0 Å². The Hall–Kier alpha value is -0.790. The molecule has 2 aliphatic carbocycles. The predicted octanol–water partition coefficient (Wildman–Crippen LogP) is 4.70. The molecule has 2 aliphatic rings. The van der Waals surface area contributed by atoms with Gasteiger partial charge in [0.05, 0.1) is 0 Å². The van der Waals surface area contributed by atoms with Gasteiger partial charge in [-0.3, -0.25) is 4.79 Å². The van der Waals surface area contributed by atoms with Gasteiger partial charge in [-0.15, -0.1) is 0 Å². The van der Waals surface area contributed by atoms with E-state index in [1.807, 2.05) is 0 Å². The van der Waals surface area contributed by atoms with Crippen molar-refractivity contribution in [3.8, 4) is 0 Å². The predicted molar refractivity (Wildman–Crippen MR) is 89.0 cm³/mol. The highest BCUT2D eigenvalue weighted by Crippen LogP contribution is 2.38. The maximum Gasteiger partial charge on any atom is 0.223 e. The number of hydrogen-bond acceptors (Lipinski definition) is 1. The summed E-state index contributed by atoms with van der Waals surface area (Å²) < 4.78 is 0. The average Bonchev–Trinajstić information content (AvgIpc) is 2.47. The molecule has 0 radical (unpaired) electrons. The molecule has 2 nitrogen and oxygen atoms in total. The Balaban J connectivity index is 1.81. The molecule has 21 heavy (non-hydrogen) atoms. The van der Waals surface area contributed by atoms with Crippen molar-refractivity contribution in [1.82, 2.24) is 5.32 Å². The van der Waals surface area contributed by atoms with E-state index in [0.29, 0.717) is 23.7 Å². The molecule has 0 saturated heterocycles. The SMILES string of the molecule is CC(C)[C@@H]1CC[C@@H](C)C[C@H]1C(=O)NCCC1=CCCCC1. The number of rotatable bonds is 5. The molecule has 2 heteroatoms. The number of carbonyl (C=O) groups excluding carboxylic acids is 1. The van der Waals surface area contributed by atoms with Crippen LogP contribution < -0.4 is 5.32 Å². The zero-order valence-electron chi connectivity index (χ0n) is 14.2. The van der Waals surface area contributed by atoms with Gasteiger partial charge in [0.15, 0.2) is 0 Å². The first-order valence-electron chi connectivity index (χ1n) is 9.03. The van der Waals surface area contributed by atoms with Gasteiger partial charge in [0.25, 0.3) is 0 Å². The van der Waals surface area contributed by atoms with E-state index < -0.39 is 0 Å². The molecule has 2 rings (SSSR count). The average molecular weight is 291 g/mol. The minimum atomic E-state index is 0.245. The quantitative estimate of drug-likeness (QED) is 0.731. The van der Waals surface area contributed by atoms with Crippen LogP contribution in [-0.4, -0.2) is 12.5 Å². The fourth-order valence-corrected chi connectivity index (χ4v) is 4.11. The van der Waals surface area contributed by atoms with Crippen molar-refractivity contribution in [3.63, 3.8) is 0 Å². The van der Waals surface area contributed by atoms with E-state index in [0.717, 1.165) is 19.4 Å². The lowest BCUT2D eigenvalue weighted by molar-refractivity contribution is -0.129. The summed E-state index contributed by atoms with van der Waals surface area (Å²) in [7, 11) is 0. The minimum absolute atomic E-state index is 0.245. The van der Waals surface area contributed by atoms with Crippen LogP contribution in [0, 0.1) is 23.7 Å². The summed E-state index contributed by atoms with van der Waals surface area (Å²) in [5.74, 6) is 2.46. The minimum Gasteiger partial charge on any atom is -0.356 e. The summed E-state index contributed by atoms with van der Waals surface area (Å²) in [5, 5.41) is 3.23. The molecular weight excluding hydrogens is 258 g/mol. The number of allylic oxidation sites excluding steroid dienone is 1. The van der Waals surface area contributed by atoms with Crippen LogP contribution >= 0.6 is 0 Å². The fourth-order valence-electron chi connectivity index (χ4n) is 4.11. The molecule has 0 aromatic heterocycles. The second-order valence-electron chi connectivity index (χ2n) is 7.58. The summed E-state index contributed by atoms with van der Waals surface area (Å²) >= 11 is 0. The van der Waals surface area contributed by atoms with Gasteiger partial charge < -0.3 is 5.32 Å². The Labute approximate surface area is 130 Å². The Morgan fingerprint density at radius 3 is 2.81 bits per heavy atom. The van der Waals surface area contributed by atoms with Gasteiger partial charge in [0.2, 0.25) is 5.91 Å². The van der Waals surface area contributed by atoms with Crippen molar-refractivity contribution in [2.24, 2.45) is 23.7 Å². The zero-order valence-corrected chi connectivity index (χ0v) is 14.2. The van der Waals surface area contributed by atoms with Crippen LogP contribution in [0.15, 0.2) is 11.6 Å². The van der Waals surface area contributed by atoms with Gasteiger partial charge in [0.1, 0.15) is 0 Å². The van der Waals surface area contributed by atoms with E-state index >= 15 is 0 Å². The van der Waals surface area contributed by atoms with E-state index in [4.69, 9.17) is 0 Å². The third-order valence-corrected chi connectivity index (χ3v) is 5.49. The first-order valence-corrected chi connectivity index (χ1v) is 9.03. The van der Waals surface area contributed by atoms with E-state index in [9.17, 15) is 4.79 Å². The molecule has 0 aromatic carbocycles. The van der Waals surface area contributed by atoms with Gasteiger partial charge >= 0.3 is 0 Å². The molecule has 1 N–H and O–H groups in total. The first-order chi connectivity index (χ1) is 10.1. The van der Waals surface area contributed by atoms with Gasteiger partial charge in [-0.25, -0.2) is 0 Å². The highest BCUT2D eigenvalue weighted by Gasteiger charge is 2.35. The fraction of sp³-hybridized carbons (Fsp3) is 0.842. The van der Waals surface area contributed by atoms with E-state index in [1.54, 1.807) is 5.57 Å². The molecule has 0 heterocycles. The lowest BCUT2D eigenvalue weighted by atomic mass is 9.70. The van der Waals surface area contributed by atoms with Gasteiger partial charge in [-0.05, 0) is 62.7 Å². The van der Waals surface area contributed by atoms with Crippen molar-refractivity contribution < 1.29 is 4.79 Å². The molecule has 1 saturated carbocycles. The summed E-state index contributed by atoms with van der Waals surface area (Å²) in [5.41, 5.74) is 1.55. The Morgan fingerprint density at radius 2 is 2.14 bits per heavy atom. The zero-order chi connectivity index (χ0) is 15.2. The molecule has 1 amide bonds. The normalized spacial score (nSPS) is 30.1. The Bertz CT molecular complexity index is 372. The summed E-state index contributed by atoms with van der Waals surface area (Å²) in [6.07, 6.45) is 12.2. The van der Waals surface area contributed by atoms with Crippen molar-refractivity contribution in [3.05, 3.63) is 11.6 Å². The highest BCUT2D eigenvalue weighted by atomic mass is 16.1. The number of hydrogen-bond donors (Lipinski definition) is 1. The molecule has 120 valence electrons. The number of nitrogens with one attached hydrogen (secondary N) is 1. The van der Waals surface area contributed by atoms with Crippen LogP contribution in [-0.2, 0) is 4.79 Å². The molecule has 3 atom stereocenters. The number of carbonyl (C=O) groups is 1. The summed E-state index contributed by atoms with van der Waals surface area (Å²) in [6, 6.07) is 0. The van der Waals surface area contributed by atoms with Crippen molar-refractivity contribution >= 4 is 5.91 Å². The third-order valence-electron chi connectivity index (χ3n) is 5.49. The maximum atomic E-state index is 12.6. The van der Waals surface area contributed by atoms with E-state index in [2.05, 4.69) is 32.2 Å². The molecule has 0 aromatic rings. The maximum absolute atomic E-state index is 12.6. The van der Waals surface area contributed by atoms with Gasteiger partial charge in [-0.2, -0.15) is 0 Å². The standard InChI is InChI=1S/C19H33NO/c1-14(2)17-10-9-15(3)13-18(17)19(21)20-12-11-16-7-5-4-6-8-16/h7,14-15,17-18H,4-6,8-13H2,1-3H3,(H,20,21)/t15-,17+,18-/m1/s1. The van der Waals surface area contributed by atoms with Crippen LogP contribution in [0.25, 0.3) is 0 Å². The highest BCUT2D eigenvalue weighted by molar-refractivity contribution is 5.79. The second-order valence-corrected chi connectivity index (χ2v) is 7.58. The van der Waals surface area contributed by atoms with Crippen molar-refractivity contribution in [1.29, 1.82) is 0 Å².